The molecule has 0 heterocycles. The molecule has 8 heteroatoms. The van der Waals surface area contributed by atoms with Gasteiger partial charge in [-0.1, -0.05) is 57.9 Å². The maximum atomic E-state index is 13.9. The second kappa shape index (κ2) is 9.15. The Bertz CT molecular complexity index is 709. The van der Waals surface area contributed by atoms with Crippen molar-refractivity contribution >= 4 is 33.6 Å². The van der Waals surface area contributed by atoms with Crippen LogP contribution in [0.4, 0.5) is 9.18 Å². The molecular formula is C17H16BrClFNO4. The molecule has 5 nitrogen and oxygen atoms in total. The van der Waals surface area contributed by atoms with E-state index in [2.05, 4.69) is 21.2 Å². The molecule has 0 saturated heterocycles. The Kier molecular flexibility index (Phi) is 7.19. The number of alkyl carbamates (subject to hydrolysis) is 1. The minimum absolute atomic E-state index is 0.0721. The molecule has 0 aliphatic rings. The highest BCUT2D eigenvalue weighted by Crippen LogP contribution is 2.31. The van der Waals surface area contributed by atoms with Crippen LogP contribution in [0.15, 0.2) is 46.9 Å². The second-order valence-electron chi connectivity index (χ2n) is 5.24. The predicted molar refractivity (Wildman–Crippen MR) is 94.7 cm³/mol. The van der Waals surface area contributed by atoms with Crippen molar-refractivity contribution in [2.24, 2.45) is 0 Å². The van der Waals surface area contributed by atoms with Gasteiger partial charge in [0.1, 0.15) is 24.6 Å². The first-order valence-corrected chi connectivity index (χ1v) is 8.50. The van der Waals surface area contributed by atoms with Crippen molar-refractivity contribution in [3.63, 3.8) is 0 Å². The van der Waals surface area contributed by atoms with E-state index < -0.39 is 24.1 Å². The van der Waals surface area contributed by atoms with Gasteiger partial charge >= 0.3 is 6.09 Å². The minimum atomic E-state index is -1.55. The first kappa shape index (κ1) is 19.7. The lowest BCUT2D eigenvalue weighted by atomic mass is 10.0. The van der Waals surface area contributed by atoms with Crippen molar-refractivity contribution in [2.45, 2.75) is 18.8 Å². The average Bonchev–Trinajstić information content (AvgIpc) is 2.57. The zero-order chi connectivity index (χ0) is 18.4. The zero-order valence-corrected chi connectivity index (χ0v) is 15.3. The van der Waals surface area contributed by atoms with Crippen LogP contribution in [0.3, 0.4) is 0 Å². The topological polar surface area (TPSA) is 78.8 Å². The summed E-state index contributed by atoms with van der Waals surface area (Å²) in [6.07, 6.45) is -3.75. The van der Waals surface area contributed by atoms with Crippen molar-refractivity contribution in [1.29, 1.82) is 0 Å². The summed E-state index contributed by atoms with van der Waals surface area (Å²) in [7, 11) is 0. The van der Waals surface area contributed by atoms with Crippen molar-refractivity contribution < 1.29 is 24.1 Å². The van der Waals surface area contributed by atoms with E-state index in [-0.39, 0.29) is 28.2 Å². The third-order valence-corrected chi connectivity index (χ3v) is 4.25. The number of benzene rings is 2. The van der Waals surface area contributed by atoms with Gasteiger partial charge in [0.2, 0.25) is 0 Å². The van der Waals surface area contributed by atoms with Crippen LogP contribution in [0.5, 0.6) is 0 Å². The average molecular weight is 433 g/mol. The molecule has 2 atom stereocenters. The molecular weight excluding hydrogens is 417 g/mol. The first-order valence-electron chi connectivity index (χ1n) is 7.33. The van der Waals surface area contributed by atoms with Crippen LogP contribution < -0.4 is 5.32 Å². The molecule has 1 amide bonds. The van der Waals surface area contributed by atoms with E-state index in [1.54, 1.807) is 12.1 Å². The number of carbonyl (C=O) groups excluding carboxylic acids is 1. The molecule has 3 N–H and O–H groups in total. The highest BCUT2D eigenvalue weighted by atomic mass is 79.9. The first-order chi connectivity index (χ1) is 11.9. The van der Waals surface area contributed by atoms with E-state index >= 15 is 0 Å². The van der Waals surface area contributed by atoms with E-state index in [4.69, 9.17) is 16.3 Å². The van der Waals surface area contributed by atoms with Gasteiger partial charge in [0.15, 0.2) is 0 Å². The van der Waals surface area contributed by atoms with Crippen LogP contribution >= 0.6 is 27.5 Å². The molecule has 2 aromatic rings. The number of halogens is 3. The largest absolute Gasteiger partial charge is 0.445 e. The molecule has 0 aliphatic carbocycles. The summed E-state index contributed by atoms with van der Waals surface area (Å²) in [6, 6.07) is 11.5. The zero-order valence-electron chi connectivity index (χ0n) is 13.0. The predicted octanol–water partition coefficient (Wildman–Crippen LogP) is 3.56. The Morgan fingerprint density at radius 2 is 1.96 bits per heavy atom. The summed E-state index contributed by atoms with van der Waals surface area (Å²) in [5, 5.41) is 22.6. The molecule has 0 bridgehead atoms. The van der Waals surface area contributed by atoms with Gasteiger partial charge in [0, 0.05) is 21.6 Å². The summed E-state index contributed by atoms with van der Waals surface area (Å²) < 4.78 is 19.1. The third-order valence-electron chi connectivity index (χ3n) is 3.37. The Balaban J connectivity index is 1.87. The van der Waals surface area contributed by atoms with Gasteiger partial charge in [-0.25, -0.2) is 9.18 Å². The molecule has 0 aromatic heterocycles. The molecule has 0 fully saturated rings. The van der Waals surface area contributed by atoms with Gasteiger partial charge in [0.05, 0.1) is 0 Å². The molecule has 2 rings (SSSR count). The van der Waals surface area contributed by atoms with E-state index in [1.165, 1.54) is 6.07 Å². The summed E-state index contributed by atoms with van der Waals surface area (Å²) >= 11 is 8.80. The Labute approximate surface area is 157 Å². The van der Waals surface area contributed by atoms with Crippen LogP contribution in [0.1, 0.15) is 17.2 Å². The lowest BCUT2D eigenvalue weighted by Crippen LogP contribution is -2.36. The smallest absolute Gasteiger partial charge is 0.407 e. The van der Waals surface area contributed by atoms with Crippen molar-refractivity contribution in [1.82, 2.24) is 5.32 Å². The van der Waals surface area contributed by atoms with Crippen molar-refractivity contribution in [2.75, 3.05) is 6.54 Å². The molecule has 0 saturated carbocycles. The SMILES string of the molecule is O=C(NCC(O)C(O)c1c(F)cc(Cl)cc1Br)OCc1ccccc1. The summed E-state index contributed by atoms with van der Waals surface area (Å²) in [5.74, 6) is -0.766. The number of aliphatic hydroxyl groups is 2. The van der Waals surface area contributed by atoms with E-state index in [0.717, 1.165) is 11.6 Å². The number of rotatable bonds is 6. The molecule has 134 valence electrons. The van der Waals surface area contributed by atoms with Gasteiger partial charge in [0.25, 0.3) is 0 Å². The Morgan fingerprint density at radius 3 is 2.60 bits per heavy atom. The maximum Gasteiger partial charge on any atom is 0.407 e. The summed E-state index contributed by atoms with van der Waals surface area (Å²) in [6.45, 7) is -0.244. The second-order valence-corrected chi connectivity index (χ2v) is 6.53. The van der Waals surface area contributed by atoms with Gasteiger partial charge in [-0.05, 0) is 17.7 Å². The van der Waals surface area contributed by atoms with E-state index in [0.29, 0.717) is 0 Å². The van der Waals surface area contributed by atoms with Gasteiger partial charge in [-0.15, -0.1) is 0 Å². The molecule has 2 aromatic carbocycles. The fraction of sp³-hybridized carbons (Fsp3) is 0.235. The number of hydrogen-bond donors (Lipinski definition) is 3. The quantitative estimate of drug-likeness (QED) is 0.652. The summed E-state index contributed by atoms with van der Waals surface area (Å²) in [4.78, 5) is 11.6. The van der Waals surface area contributed by atoms with Crippen LogP contribution in [0.25, 0.3) is 0 Å². The Hall–Kier alpha value is -1.67. The molecule has 0 aliphatic heterocycles. The highest BCUT2D eigenvalue weighted by molar-refractivity contribution is 9.10. The van der Waals surface area contributed by atoms with Crippen molar-refractivity contribution in [3.05, 3.63) is 68.9 Å². The Morgan fingerprint density at radius 1 is 1.28 bits per heavy atom. The lowest BCUT2D eigenvalue weighted by molar-refractivity contribution is 0.0160. The number of nitrogens with one attached hydrogen (secondary N) is 1. The van der Waals surface area contributed by atoms with Gasteiger partial charge in [-0.3, -0.25) is 0 Å². The van der Waals surface area contributed by atoms with Gasteiger partial charge in [-0.2, -0.15) is 0 Å². The van der Waals surface area contributed by atoms with Crippen LogP contribution in [-0.2, 0) is 11.3 Å². The number of hydrogen-bond acceptors (Lipinski definition) is 4. The van der Waals surface area contributed by atoms with Crippen molar-refractivity contribution in [3.8, 4) is 0 Å². The molecule has 0 spiro atoms. The normalized spacial score (nSPS) is 13.2. The number of aliphatic hydroxyl groups excluding tert-OH is 2. The minimum Gasteiger partial charge on any atom is -0.445 e. The van der Waals surface area contributed by atoms with Crippen LogP contribution in [0.2, 0.25) is 5.02 Å². The molecule has 2 unspecified atom stereocenters. The van der Waals surface area contributed by atoms with E-state index in [1.807, 2.05) is 18.2 Å². The van der Waals surface area contributed by atoms with E-state index in [9.17, 15) is 19.4 Å². The van der Waals surface area contributed by atoms with Crippen LogP contribution in [-0.4, -0.2) is 29.0 Å². The maximum absolute atomic E-state index is 13.9. The molecule has 0 radical (unpaired) electrons. The molecule has 25 heavy (non-hydrogen) atoms. The van der Waals surface area contributed by atoms with Crippen LogP contribution in [0, 0.1) is 5.82 Å². The summed E-state index contributed by atoms with van der Waals surface area (Å²) in [5.41, 5.74) is 0.668. The highest BCUT2D eigenvalue weighted by Gasteiger charge is 2.25. The third kappa shape index (κ3) is 5.67. The fourth-order valence-electron chi connectivity index (χ4n) is 2.10. The number of carbonyl (C=O) groups is 1. The fourth-order valence-corrected chi connectivity index (χ4v) is 3.11. The van der Waals surface area contributed by atoms with Gasteiger partial charge < -0.3 is 20.3 Å². The lowest BCUT2D eigenvalue weighted by Gasteiger charge is -2.20. The number of ether oxygens (including phenoxy) is 1. The monoisotopic (exact) mass is 431 g/mol. The standard InChI is InChI=1S/C17H16BrClFNO4/c18-12-6-11(19)7-13(20)15(12)16(23)14(22)8-21-17(24)25-9-10-4-2-1-3-5-10/h1-7,14,16,22-23H,8-9H2,(H,21,24). The number of amides is 1.